The standard InChI is InChI=1S/C16H12O10S/c1-24-15-9(18)6-10-11(12(15)19)13(20)16(26-27(21,22)23)14(25-10)7-2-4-8(17)5-3-7/h2-6,17-19H,1H3,(H,21,22,23). The van der Waals surface area contributed by atoms with E-state index in [1.165, 1.54) is 24.3 Å². The van der Waals surface area contributed by atoms with Crippen molar-refractivity contribution in [2.75, 3.05) is 7.11 Å². The summed E-state index contributed by atoms with van der Waals surface area (Å²) in [4.78, 5) is 12.8. The van der Waals surface area contributed by atoms with Crippen LogP contribution in [0.25, 0.3) is 22.3 Å². The van der Waals surface area contributed by atoms with Crippen LogP contribution in [-0.4, -0.2) is 35.4 Å². The fourth-order valence-electron chi connectivity index (χ4n) is 2.47. The normalized spacial score (nSPS) is 11.5. The van der Waals surface area contributed by atoms with E-state index in [9.17, 15) is 28.5 Å². The fourth-order valence-corrected chi connectivity index (χ4v) is 2.83. The van der Waals surface area contributed by atoms with Gasteiger partial charge in [-0.05, 0) is 24.3 Å². The molecule has 11 heteroatoms. The molecule has 0 saturated heterocycles. The predicted molar refractivity (Wildman–Crippen MR) is 91.6 cm³/mol. The Morgan fingerprint density at radius 3 is 2.22 bits per heavy atom. The topological polar surface area (TPSA) is 164 Å². The van der Waals surface area contributed by atoms with Gasteiger partial charge in [0, 0.05) is 11.6 Å². The smallest absolute Gasteiger partial charge is 0.446 e. The highest BCUT2D eigenvalue weighted by Crippen LogP contribution is 2.43. The Morgan fingerprint density at radius 2 is 1.67 bits per heavy atom. The van der Waals surface area contributed by atoms with Gasteiger partial charge < -0.3 is 28.7 Å². The van der Waals surface area contributed by atoms with Crippen molar-refractivity contribution in [3.63, 3.8) is 0 Å². The van der Waals surface area contributed by atoms with Crippen LogP contribution in [0.1, 0.15) is 0 Å². The van der Waals surface area contributed by atoms with E-state index >= 15 is 0 Å². The van der Waals surface area contributed by atoms with Crippen molar-refractivity contribution in [3.05, 3.63) is 40.6 Å². The van der Waals surface area contributed by atoms with Crippen LogP contribution in [0.3, 0.4) is 0 Å². The summed E-state index contributed by atoms with van der Waals surface area (Å²) < 4.78 is 45.9. The van der Waals surface area contributed by atoms with Crippen LogP contribution in [0.2, 0.25) is 0 Å². The molecule has 27 heavy (non-hydrogen) atoms. The van der Waals surface area contributed by atoms with Gasteiger partial charge in [0.1, 0.15) is 16.7 Å². The van der Waals surface area contributed by atoms with Gasteiger partial charge in [-0.25, -0.2) is 0 Å². The molecule has 2 aromatic carbocycles. The quantitative estimate of drug-likeness (QED) is 0.478. The van der Waals surface area contributed by atoms with Crippen LogP contribution in [0, 0.1) is 0 Å². The summed E-state index contributed by atoms with van der Waals surface area (Å²) in [6, 6.07) is 6.04. The molecule has 3 aromatic rings. The Kier molecular flexibility index (Phi) is 4.33. The molecule has 1 aromatic heterocycles. The minimum absolute atomic E-state index is 0.111. The summed E-state index contributed by atoms with van der Waals surface area (Å²) in [5.41, 5.74) is -1.34. The molecular weight excluding hydrogens is 384 g/mol. The van der Waals surface area contributed by atoms with Gasteiger partial charge in [-0.1, -0.05) is 0 Å². The summed E-state index contributed by atoms with van der Waals surface area (Å²) in [5, 5.41) is 28.9. The molecule has 0 aliphatic rings. The molecule has 0 unspecified atom stereocenters. The number of fused-ring (bicyclic) bond motifs is 1. The van der Waals surface area contributed by atoms with E-state index in [1.807, 2.05) is 0 Å². The van der Waals surface area contributed by atoms with Crippen molar-refractivity contribution in [1.29, 1.82) is 0 Å². The second-order valence-corrected chi connectivity index (χ2v) is 6.32. The number of hydrogen-bond acceptors (Lipinski definition) is 9. The molecule has 3 rings (SSSR count). The molecule has 0 saturated carbocycles. The number of rotatable bonds is 4. The van der Waals surface area contributed by atoms with Gasteiger partial charge in [0.05, 0.1) is 7.11 Å². The predicted octanol–water partition coefficient (Wildman–Crippen LogP) is 1.77. The molecular formula is C16H12O10S. The van der Waals surface area contributed by atoms with Gasteiger partial charge in [-0.2, -0.15) is 8.42 Å². The highest BCUT2D eigenvalue weighted by atomic mass is 32.3. The number of hydrogen-bond donors (Lipinski definition) is 4. The van der Waals surface area contributed by atoms with E-state index in [1.54, 1.807) is 0 Å². The maximum atomic E-state index is 12.8. The van der Waals surface area contributed by atoms with E-state index in [0.29, 0.717) is 0 Å². The SMILES string of the molecule is COc1c(O)cc2oc(-c3ccc(O)cc3)c(OS(=O)(=O)O)c(=O)c2c1O. The van der Waals surface area contributed by atoms with Crippen LogP contribution < -0.4 is 14.3 Å². The summed E-state index contributed by atoms with van der Waals surface area (Å²) in [6.45, 7) is 0. The average Bonchev–Trinajstić information content (AvgIpc) is 2.57. The summed E-state index contributed by atoms with van der Waals surface area (Å²) >= 11 is 0. The molecule has 0 spiro atoms. The molecule has 0 bridgehead atoms. The minimum Gasteiger partial charge on any atom is -0.508 e. The van der Waals surface area contributed by atoms with Crippen molar-refractivity contribution in [3.8, 4) is 40.1 Å². The van der Waals surface area contributed by atoms with E-state index in [-0.39, 0.29) is 16.9 Å². The Morgan fingerprint density at radius 1 is 1.04 bits per heavy atom. The average molecular weight is 396 g/mol. The van der Waals surface area contributed by atoms with Crippen LogP contribution >= 0.6 is 0 Å². The van der Waals surface area contributed by atoms with Gasteiger partial charge in [-0.15, -0.1) is 0 Å². The second-order valence-electron chi connectivity index (χ2n) is 5.30. The molecule has 4 N–H and O–H groups in total. The lowest BCUT2D eigenvalue weighted by molar-refractivity contribution is 0.346. The lowest BCUT2D eigenvalue weighted by Gasteiger charge is -2.12. The zero-order valence-corrected chi connectivity index (χ0v) is 14.3. The van der Waals surface area contributed by atoms with Crippen molar-refractivity contribution < 1.29 is 41.6 Å². The lowest BCUT2D eigenvalue weighted by Crippen LogP contribution is -2.15. The molecule has 0 aliphatic carbocycles. The third-order valence-corrected chi connectivity index (χ3v) is 3.95. The van der Waals surface area contributed by atoms with E-state index in [4.69, 9.17) is 13.7 Å². The Hall–Kier alpha value is -3.44. The third-order valence-electron chi connectivity index (χ3n) is 3.57. The van der Waals surface area contributed by atoms with Crippen LogP contribution in [0.4, 0.5) is 0 Å². The second kappa shape index (κ2) is 6.37. The monoisotopic (exact) mass is 396 g/mol. The number of benzene rings is 2. The van der Waals surface area contributed by atoms with Crippen LogP contribution in [0.15, 0.2) is 39.5 Å². The summed E-state index contributed by atoms with van der Waals surface area (Å²) in [6.07, 6.45) is 0. The Labute approximate surface area is 151 Å². The van der Waals surface area contributed by atoms with Gasteiger partial charge in [0.25, 0.3) is 0 Å². The van der Waals surface area contributed by atoms with Gasteiger partial charge >= 0.3 is 10.4 Å². The summed E-state index contributed by atoms with van der Waals surface area (Å²) in [5.74, 6) is -3.25. The maximum absolute atomic E-state index is 12.8. The molecule has 10 nitrogen and oxygen atoms in total. The molecule has 142 valence electrons. The molecule has 0 radical (unpaired) electrons. The van der Waals surface area contributed by atoms with Crippen molar-refractivity contribution >= 4 is 21.4 Å². The van der Waals surface area contributed by atoms with E-state index in [0.717, 1.165) is 13.2 Å². The van der Waals surface area contributed by atoms with Crippen LogP contribution in [0.5, 0.6) is 28.7 Å². The zero-order valence-electron chi connectivity index (χ0n) is 13.5. The van der Waals surface area contributed by atoms with Crippen molar-refractivity contribution in [1.82, 2.24) is 0 Å². The number of ether oxygens (including phenoxy) is 1. The van der Waals surface area contributed by atoms with E-state index in [2.05, 4.69) is 4.18 Å². The number of aromatic hydroxyl groups is 3. The highest BCUT2D eigenvalue weighted by Gasteiger charge is 2.26. The molecule has 0 amide bonds. The van der Waals surface area contributed by atoms with E-state index < -0.39 is 50.0 Å². The Balaban J connectivity index is 2.45. The maximum Gasteiger partial charge on any atom is 0.446 e. The summed E-state index contributed by atoms with van der Waals surface area (Å²) in [7, 11) is -3.99. The molecule has 0 aliphatic heterocycles. The Bertz CT molecular complexity index is 1190. The minimum atomic E-state index is -5.12. The third kappa shape index (κ3) is 3.32. The van der Waals surface area contributed by atoms with Crippen LogP contribution in [-0.2, 0) is 10.4 Å². The fraction of sp³-hybridized carbons (Fsp3) is 0.0625. The molecule has 0 fully saturated rings. The first kappa shape index (κ1) is 18.4. The van der Waals surface area contributed by atoms with Gasteiger partial charge in [-0.3, -0.25) is 9.35 Å². The zero-order chi connectivity index (χ0) is 19.9. The first-order chi connectivity index (χ1) is 12.6. The first-order valence-electron chi connectivity index (χ1n) is 7.18. The first-order valence-corrected chi connectivity index (χ1v) is 8.55. The number of phenols is 3. The lowest BCUT2D eigenvalue weighted by atomic mass is 10.1. The largest absolute Gasteiger partial charge is 0.508 e. The molecule has 0 atom stereocenters. The number of phenolic OH excluding ortho intramolecular Hbond substituents is 3. The highest BCUT2D eigenvalue weighted by molar-refractivity contribution is 7.81. The van der Waals surface area contributed by atoms with Crippen molar-refractivity contribution in [2.45, 2.75) is 0 Å². The van der Waals surface area contributed by atoms with Gasteiger partial charge in [0.15, 0.2) is 17.3 Å². The van der Waals surface area contributed by atoms with Crippen molar-refractivity contribution in [2.24, 2.45) is 0 Å². The van der Waals surface area contributed by atoms with Gasteiger partial charge in [0.2, 0.25) is 16.9 Å². The molecule has 1 heterocycles. The number of methoxy groups -OCH3 is 1.